The van der Waals surface area contributed by atoms with E-state index in [1.165, 1.54) is 0 Å². The minimum absolute atomic E-state index is 0.190. The Labute approximate surface area is 67.1 Å². The maximum absolute atomic E-state index is 10.8. The van der Waals surface area contributed by atoms with E-state index in [-0.39, 0.29) is 5.91 Å². The molecular formula is C8H13N2O. The van der Waals surface area contributed by atoms with Crippen LogP contribution in [0, 0.1) is 6.08 Å². The van der Waals surface area contributed by atoms with Gasteiger partial charge in [0.05, 0.1) is 0 Å². The van der Waals surface area contributed by atoms with Gasteiger partial charge in [0, 0.05) is 18.7 Å². The van der Waals surface area contributed by atoms with E-state index in [2.05, 4.69) is 22.9 Å². The van der Waals surface area contributed by atoms with Crippen LogP contribution in [0.2, 0.25) is 0 Å². The summed E-state index contributed by atoms with van der Waals surface area (Å²) >= 11 is 0. The van der Waals surface area contributed by atoms with Gasteiger partial charge < -0.3 is 10.2 Å². The summed E-state index contributed by atoms with van der Waals surface area (Å²) in [5, 5.41) is 2.80. The van der Waals surface area contributed by atoms with Crippen LogP contribution in [0.4, 0.5) is 0 Å². The zero-order valence-corrected chi connectivity index (χ0v) is 6.76. The zero-order valence-electron chi connectivity index (χ0n) is 6.76. The van der Waals surface area contributed by atoms with Gasteiger partial charge >= 0.3 is 0 Å². The van der Waals surface area contributed by atoms with Crippen LogP contribution in [0.25, 0.3) is 0 Å². The third-order valence-corrected chi connectivity index (χ3v) is 1.89. The van der Waals surface area contributed by atoms with Crippen molar-refractivity contribution in [2.24, 2.45) is 0 Å². The molecule has 61 valence electrons. The Balaban J connectivity index is 2.28. The van der Waals surface area contributed by atoms with Crippen molar-refractivity contribution in [2.45, 2.75) is 12.5 Å². The fourth-order valence-electron chi connectivity index (χ4n) is 1.29. The molecule has 1 heterocycles. The van der Waals surface area contributed by atoms with E-state index < -0.39 is 0 Å². The van der Waals surface area contributed by atoms with Crippen molar-refractivity contribution in [3.63, 3.8) is 0 Å². The van der Waals surface area contributed by atoms with Gasteiger partial charge in [-0.05, 0) is 20.0 Å². The predicted octanol–water partition coefficient (Wildman–Crippen LogP) is -0.204. The summed E-state index contributed by atoms with van der Waals surface area (Å²) in [6.45, 7) is 5.27. The molecule has 1 N–H and O–H groups in total. The summed E-state index contributed by atoms with van der Waals surface area (Å²) < 4.78 is 0. The van der Waals surface area contributed by atoms with Crippen molar-refractivity contribution in [2.75, 3.05) is 20.1 Å². The van der Waals surface area contributed by atoms with Crippen LogP contribution in [0.3, 0.4) is 0 Å². The molecule has 0 bridgehead atoms. The monoisotopic (exact) mass is 153 g/mol. The Morgan fingerprint density at radius 3 is 3.00 bits per heavy atom. The number of likely N-dealkylation sites (N-methyl/N-ethyl adjacent to an activating group) is 1. The predicted molar refractivity (Wildman–Crippen MR) is 42.9 cm³/mol. The highest BCUT2D eigenvalue weighted by molar-refractivity contribution is 5.83. The second kappa shape index (κ2) is 3.53. The van der Waals surface area contributed by atoms with Crippen LogP contribution in [0.5, 0.6) is 0 Å². The van der Waals surface area contributed by atoms with E-state index in [0.717, 1.165) is 19.5 Å². The van der Waals surface area contributed by atoms with Crippen molar-refractivity contribution in [3.05, 3.63) is 12.7 Å². The molecule has 0 aromatic carbocycles. The number of carbonyl (C=O) groups excluding carboxylic acids is 1. The number of nitrogens with zero attached hydrogens (tertiary/aromatic N) is 1. The summed E-state index contributed by atoms with van der Waals surface area (Å²) in [6.07, 6.45) is 3.32. The number of nitrogens with one attached hydrogen (secondary N) is 1. The number of hydrogen-bond donors (Lipinski definition) is 1. The molecule has 1 aliphatic rings. The van der Waals surface area contributed by atoms with Crippen molar-refractivity contribution in [1.29, 1.82) is 0 Å². The van der Waals surface area contributed by atoms with Crippen LogP contribution in [-0.2, 0) is 4.79 Å². The minimum Gasteiger partial charge on any atom is -0.348 e. The summed E-state index contributed by atoms with van der Waals surface area (Å²) in [5.74, 6) is -0.190. The molecule has 3 heteroatoms. The second-order valence-electron chi connectivity index (χ2n) is 2.90. The lowest BCUT2D eigenvalue weighted by atomic mass is 10.2. The highest BCUT2D eigenvalue weighted by Gasteiger charge is 2.19. The Hall–Kier alpha value is -0.830. The molecule has 0 saturated carbocycles. The third kappa shape index (κ3) is 2.35. The minimum atomic E-state index is -0.190. The van der Waals surface area contributed by atoms with Gasteiger partial charge in [0.15, 0.2) is 0 Å². The maximum atomic E-state index is 10.8. The normalized spacial score (nSPS) is 25.0. The van der Waals surface area contributed by atoms with E-state index in [1.54, 1.807) is 0 Å². The van der Waals surface area contributed by atoms with Gasteiger partial charge in [-0.3, -0.25) is 4.79 Å². The molecule has 1 unspecified atom stereocenters. The van der Waals surface area contributed by atoms with Crippen molar-refractivity contribution in [1.82, 2.24) is 10.2 Å². The molecule has 0 aliphatic carbocycles. The lowest BCUT2D eigenvalue weighted by Crippen LogP contribution is -2.35. The average molecular weight is 153 g/mol. The molecule has 1 aliphatic heterocycles. The molecule has 0 aromatic heterocycles. The number of amides is 1. The van der Waals surface area contributed by atoms with Gasteiger partial charge in [-0.1, -0.05) is 6.58 Å². The fraction of sp³-hybridized carbons (Fsp3) is 0.625. The Bertz CT molecular complexity index is 167. The van der Waals surface area contributed by atoms with Gasteiger partial charge in [0.25, 0.3) is 5.91 Å². The van der Waals surface area contributed by atoms with Crippen LogP contribution in [-0.4, -0.2) is 37.0 Å². The summed E-state index contributed by atoms with van der Waals surface area (Å²) in [4.78, 5) is 13.0. The molecule has 3 nitrogen and oxygen atoms in total. The topological polar surface area (TPSA) is 32.3 Å². The molecular weight excluding hydrogens is 140 g/mol. The fourth-order valence-corrected chi connectivity index (χ4v) is 1.29. The molecule has 1 saturated heterocycles. The van der Waals surface area contributed by atoms with Crippen molar-refractivity contribution in [3.8, 4) is 0 Å². The average Bonchev–Trinajstić information content (AvgIpc) is 2.35. The van der Waals surface area contributed by atoms with Gasteiger partial charge in [-0.15, -0.1) is 0 Å². The van der Waals surface area contributed by atoms with Gasteiger partial charge in [-0.25, -0.2) is 0 Å². The summed E-state index contributed by atoms with van der Waals surface area (Å²) in [6, 6.07) is 0.293. The molecule has 0 spiro atoms. The van der Waals surface area contributed by atoms with E-state index in [9.17, 15) is 4.79 Å². The lowest BCUT2D eigenvalue weighted by Gasteiger charge is -2.10. The van der Waals surface area contributed by atoms with Gasteiger partial charge in [0.1, 0.15) is 0 Å². The van der Waals surface area contributed by atoms with Crippen LogP contribution >= 0.6 is 0 Å². The molecule has 1 atom stereocenters. The smallest absolute Gasteiger partial charge is 0.251 e. The van der Waals surface area contributed by atoms with E-state index in [4.69, 9.17) is 0 Å². The Kier molecular flexibility index (Phi) is 2.65. The number of likely N-dealkylation sites (tertiary alicyclic amines) is 1. The highest BCUT2D eigenvalue weighted by atomic mass is 16.1. The molecule has 1 rings (SSSR count). The first kappa shape index (κ1) is 8.27. The SMILES string of the molecule is C=[C]C(=O)NC1CCN(C)C1. The first-order valence-corrected chi connectivity index (χ1v) is 3.74. The van der Waals surface area contributed by atoms with Crippen molar-refractivity contribution < 1.29 is 4.79 Å². The number of hydrogen-bond acceptors (Lipinski definition) is 2. The number of rotatable bonds is 2. The first-order chi connectivity index (χ1) is 5.22. The number of carbonyl (C=O) groups is 1. The summed E-state index contributed by atoms with van der Waals surface area (Å²) in [5.41, 5.74) is 0. The molecule has 1 amide bonds. The van der Waals surface area contributed by atoms with Crippen LogP contribution < -0.4 is 5.32 Å². The van der Waals surface area contributed by atoms with Crippen LogP contribution in [0.1, 0.15) is 6.42 Å². The molecule has 1 fully saturated rings. The maximum Gasteiger partial charge on any atom is 0.251 e. The van der Waals surface area contributed by atoms with Gasteiger partial charge in [0.2, 0.25) is 0 Å². The largest absolute Gasteiger partial charge is 0.348 e. The zero-order chi connectivity index (χ0) is 8.27. The Morgan fingerprint density at radius 2 is 2.55 bits per heavy atom. The standard InChI is InChI=1S/C8H13N2O/c1-3-8(11)9-7-4-5-10(2)6-7/h7H,1,4-6H2,2H3,(H,9,11). The first-order valence-electron chi connectivity index (χ1n) is 3.74. The van der Waals surface area contributed by atoms with Gasteiger partial charge in [-0.2, -0.15) is 0 Å². The summed E-state index contributed by atoms with van der Waals surface area (Å²) in [7, 11) is 2.05. The second-order valence-corrected chi connectivity index (χ2v) is 2.90. The molecule has 0 aromatic rings. The molecule has 1 radical (unpaired) electrons. The van der Waals surface area contributed by atoms with E-state index >= 15 is 0 Å². The van der Waals surface area contributed by atoms with E-state index in [0.29, 0.717) is 6.04 Å². The highest BCUT2D eigenvalue weighted by Crippen LogP contribution is 2.05. The lowest BCUT2D eigenvalue weighted by molar-refractivity contribution is -0.117. The molecule has 11 heavy (non-hydrogen) atoms. The third-order valence-electron chi connectivity index (χ3n) is 1.89. The van der Waals surface area contributed by atoms with E-state index in [1.807, 2.05) is 7.05 Å². The van der Waals surface area contributed by atoms with Crippen molar-refractivity contribution >= 4 is 5.91 Å². The van der Waals surface area contributed by atoms with Crippen LogP contribution in [0.15, 0.2) is 6.58 Å². The quantitative estimate of drug-likeness (QED) is 0.557. The Morgan fingerprint density at radius 1 is 1.82 bits per heavy atom.